The molecule has 2 aromatic rings. The highest BCUT2D eigenvalue weighted by molar-refractivity contribution is 6.36. The van der Waals surface area contributed by atoms with Crippen LogP contribution in [-0.4, -0.2) is 56.6 Å². The molecule has 1 amide bonds. The molecular formula is C27H26ClNO9. The number of carbonyl (C=O) groups excluding carboxylic acids is 3. The molecule has 38 heavy (non-hydrogen) atoms. The number of allylic oxidation sites excluding steroid dienone is 1. The fraction of sp³-hybridized carbons (Fsp3) is 0.370. The fourth-order valence-electron chi connectivity index (χ4n) is 5.59. The van der Waals surface area contributed by atoms with Crippen molar-refractivity contribution in [3.8, 4) is 34.5 Å². The van der Waals surface area contributed by atoms with Crippen molar-refractivity contribution in [2.75, 3.05) is 28.4 Å². The number of methoxy groups -OCH3 is 4. The van der Waals surface area contributed by atoms with Crippen molar-refractivity contribution in [1.29, 1.82) is 0 Å². The van der Waals surface area contributed by atoms with E-state index in [1.165, 1.54) is 34.5 Å². The molecule has 3 aliphatic rings. The van der Waals surface area contributed by atoms with Gasteiger partial charge in [0.2, 0.25) is 28.8 Å². The fourth-order valence-corrected chi connectivity index (χ4v) is 5.85. The van der Waals surface area contributed by atoms with Gasteiger partial charge in [0.25, 0.3) is 0 Å². The molecule has 1 aliphatic carbocycles. The number of nitrogens with one attached hydrogen (secondary N) is 1. The van der Waals surface area contributed by atoms with Crippen LogP contribution in [-0.2, 0) is 9.59 Å². The Balaban J connectivity index is 1.68. The molecule has 0 saturated carbocycles. The van der Waals surface area contributed by atoms with E-state index in [1.807, 2.05) is 0 Å². The van der Waals surface area contributed by atoms with E-state index in [2.05, 4.69) is 5.32 Å². The highest BCUT2D eigenvalue weighted by Gasteiger charge is 2.63. The summed E-state index contributed by atoms with van der Waals surface area (Å²) < 4.78 is 27.6. The molecule has 1 spiro atoms. The number of hydrogen-bond donors (Lipinski definition) is 2. The van der Waals surface area contributed by atoms with Gasteiger partial charge >= 0.3 is 0 Å². The Morgan fingerprint density at radius 1 is 0.921 bits per heavy atom. The largest absolute Gasteiger partial charge is 0.502 e. The molecule has 0 unspecified atom stereocenters. The Labute approximate surface area is 223 Å². The van der Waals surface area contributed by atoms with Gasteiger partial charge in [0.05, 0.1) is 28.4 Å². The summed E-state index contributed by atoms with van der Waals surface area (Å²) in [6, 6.07) is 4.56. The molecule has 11 heteroatoms. The second-order valence-electron chi connectivity index (χ2n) is 9.37. The van der Waals surface area contributed by atoms with E-state index < -0.39 is 29.0 Å². The number of fused-ring (bicyclic) bond motifs is 1. The average Bonchev–Trinajstić information content (AvgIpc) is 3.22. The molecule has 10 nitrogen and oxygen atoms in total. The van der Waals surface area contributed by atoms with Crippen LogP contribution in [0.25, 0.3) is 0 Å². The lowest BCUT2D eigenvalue weighted by Crippen LogP contribution is -2.59. The number of amides is 1. The van der Waals surface area contributed by atoms with Crippen LogP contribution < -0.4 is 29.0 Å². The first-order valence-electron chi connectivity index (χ1n) is 11.8. The Bertz CT molecular complexity index is 1410. The predicted molar refractivity (Wildman–Crippen MR) is 135 cm³/mol. The van der Waals surface area contributed by atoms with E-state index in [-0.39, 0.29) is 69.4 Å². The van der Waals surface area contributed by atoms with Crippen LogP contribution in [0.15, 0.2) is 29.5 Å². The van der Waals surface area contributed by atoms with Crippen molar-refractivity contribution in [3.63, 3.8) is 0 Å². The minimum absolute atomic E-state index is 0.0153. The molecular weight excluding hydrogens is 518 g/mol. The predicted octanol–water partition coefficient (Wildman–Crippen LogP) is 3.56. The number of ether oxygens (including phenoxy) is 5. The number of carbonyl (C=O) groups is 3. The van der Waals surface area contributed by atoms with Gasteiger partial charge in [-0.1, -0.05) is 18.5 Å². The molecule has 0 fully saturated rings. The lowest BCUT2D eigenvalue weighted by atomic mass is 9.66. The van der Waals surface area contributed by atoms with Crippen LogP contribution in [0.3, 0.4) is 0 Å². The van der Waals surface area contributed by atoms with Crippen molar-refractivity contribution >= 4 is 29.1 Å². The Morgan fingerprint density at radius 3 is 2.11 bits per heavy atom. The molecule has 0 saturated heterocycles. The zero-order valence-corrected chi connectivity index (χ0v) is 22.1. The number of aromatic hydroxyl groups is 1. The highest BCUT2D eigenvalue weighted by atomic mass is 35.5. The topological polar surface area (TPSA) is 130 Å². The van der Waals surface area contributed by atoms with E-state index in [1.54, 1.807) is 19.1 Å². The smallest absolute Gasteiger partial charge is 0.236 e. The first-order chi connectivity index (χ1) is 18.1. The maximum absolute atomic E-state index is 14.4. The number of phenols is 1. The van der Waals surface area contributed by atoms with Gasteiger partial charge in [-0.25, -0.2) is 0 Å². The van der Waals surface area contributed by atoms with Crippen molar-refractivity contribution in [2.24, 2.45) is 5.92 Å². The summed E-state index contributed by atoms with van der Waals surface area (Å²) in [6.07, 6.45) is 0.109. The van der Waals surface area contributed by atoms with E-state index in [9.17, 15) is 19.5 Å². The minimum Gasteiger partial charge on any atom is -0.502 e. The van der Waals surface area contributed by atoms with Gasteiger partial charge in [-0.3, -0.25) is 14.4 Å². The number of ketones is 2. The summed E-state index contributed by atoms with van der Waals surface area (Å²) in [6.45, 7) is 1.71. The van der Waals surface area contributed by atoms with Gasteiger partial charge in [-0.05, 0) is 24.1 Å². The molecule has 0 bridgehead atoms. The second kappa shape index (κ2) is 9.13. The van der Waals surface area contributed by atoms with Crippen molar-refractivity contribution in [1.82, 2.24) is 5.32 Å². The molecule has 5 rings (SSSR count). The molecule has 2 heterocycles. The molecule has 2 aromatic carbocycles. The van der Waals surface area contributed by atoms with E-state index in [4.69, 9.17) is 35.3 Å². The Hall–Kier alpha value is -3.92. The number of Topliss-reactive ketones (excluding diaryl/α,β-unsaturated/α-hetero) is 2. The van der Waals surface area contributed by atoms with Crippen LogP contribution in [0, 0.1) is 5.92 Å². The molecule has 0 aromatic heterocycles. The Kier molecular flexibility index (Phi) is 6.18. The quantitative estimate of drug-likeness (QED) is 0.544. The van der Waals surface area contributed by atoms with Crippen molar-refractivity contribution in [3.05, 3.63) is 45.6 Å². The second-order valence-corrected chi connectivity index (χ2v) is 9.75. The molecule has 2 aliphatic heterocycles. The van der Waals surface area contributed by atoms with E-state index >= 15 is 0 Å². The average molecular weight is 544 g/mol. The number of benzene rings is 2. The summed E-state index contributed by atoms with van der Waals surface area (Å²) >= 11 is 6.52. The highest BCUT2D eigenvalue weighted by Crippen LogP contribution is 2.55. The maximum atomic E-state index is 14.4. The lowest BCUT2D eigenvalue weighted by Gasteiger charge is -2.41. The third-order valence-corrected chi connectivity index (χ3v) is 7.82. The van der Waals surface area contributed by atoms with Gasteiger partial charge in [0.15, 0.2) is 17.2 Å². The zero-order chi connectivity index (χ0) is 27.5. The van der Waals surface area contributed by atoms with Gasteiger partial charge in [-0.2, -0.15) is 0 Å². The van der Waals surface area contributed by atoms with Crippen molar-refractivity contribution < 1.29 is 43.2 Å². The lowest BCUT2D eigenvalue weighted by molar-refractivity contribution is -0.131. The van der Waals surface area contributed by atoms with Crippen LogP contribution in [0.2, 0.25) is 5.02 Å². The Morgan fingerprint density at radius 2 is 1.53 bits per heavy atom. The number of hydrogen-bond acceptors (Lipinski definition) is 9. The standard InChI is InChI=1S/C27H26ClNO9/c1-11-6-14-20(13(9-19(30)29-14)12-7-17(36-4)23(31)18(8-12)37-5)25(32)27(11)26(33)21-15(34-2)10-16(35-3)22(28)24(21)38-27/h7-8,10-11,13,31H,6,9H2,1-5H3,(H,29,30)/t11-,13+,27+/m1/s1. The zero-order valence-electron chi connectivity index (χ0n) is 21.4. The van der Waals surface area contributed by atoms with Gasteiger partial charge in [-0.15, -0.1) is 0 Å². The molecule has 200 valence electrons. The number of halogens is 1. The summed E-state index contributed by atoms with van der Waals surface area (Å²) in [5.74, 6) is -2.42. The van der Waals surface area contributed by atoms with Crippen LogP contribution in [0.1, 0.15) is 41.6 Å². The van der Waals surface area contributed by atoms with Gasteiger partial charge in [0, 0.05) is 35.6 Å². The molecule has 3 atom stereocenters. The van der Waals surface area contributed by atoms with Crippen LogP contribution in [0.5, 0.6) is 34.5 Å². The first kappa shape index (κ1) is 25.7. The van der Waals surface area contributed by atoms with E-state index in [0.29, 0.717) is 11.3 Å². The molecule has 0 radical (unpaired) electrons. The minimum atomic E-state index is -1.92. The number of rotatable bonds is 5. The van der Waals surface area contributed by atoms with Crippen LogP contribution >= 0.6 is 11.6 Å². The summed E-state index contributed by atoms with van der Waals surface area (Å²) in [4.78, 5) is 41.2. The third-order valence-electron chi connectivity index (χ3n) is 7.46. The normalized spacial score (nSPS) is 24.0. The van der Waals surface area contributed by atoms with Gasteiger partial charge < -0.3 is 34.1 Å². The summed E-state index contributed by atoms with van der Waals surface area (Å²) in [5.41, 5.74) is -0.705. The maximum Gasteiger partial charge on any atom is 0.236 e. The summed E-state index contributed by atoms with van der Waals surface area (Å²) in [5, 5.41) is 13.3. The molecule has 2 N–H and O–H groups in total. The SMILES string of the molecule is COc1cc([C@@H]2CC(=O)NC3=C2C(=O)[C@@]2(Oc4c(Cl)c(OC)cc(OC)c4C2=O)[C@H](C)C3)cc(OC)c1O. The summed E-state index contributed by atoms with van der Waals surface area (Å²) in [7, 11) is 5.58. The van der Waals surface area contributed by atoms with Gasteiger partial charge in [0.1, 0.15) is 22.1 Å². The number of phenolic OH excluding ortho intramolecular Hbond substituents is 1. The first-order valence-corrected chi connectivity index (χ1v) is 12.2. The van der Waals surface area contributed by atoms with E-state index in [0.717, 1.165) is 0 Å². The monoisotopic (exact) mass is 543 g/mol. The third kappa shape index (κ3) is 3.43. The van der Waals surface area contributed by atoms with Crippen LogP contribution in [0.4, 0.5) is 0 Å². The van der Waals surface area contributed by atoms with Crippen molar-refractivity contribution in [2.45, 2.75) is 31.3 Å².